The van der Waals surface area contributed by atoms with Crippen LogP contribution in [-0.4, -0.2) is 24.5 Å². The molecule has 0 aliphatic carbocycles. The van der Waals surface area contributed by atoms with Crippen LogP contribution in [0.3, 0.4) is 0 Å². The van der Waals surface area contributed by atoms with Crippen molar-refractivity contribution in [3.05, 3.63) is 53.6 Å². The van der Waals surface area contributed by atoms with Gasteiger partial charge in [-0.15, -0.1) is 0 Å². The Balaban J connectivity index is 2.10. The summed E-state index contributed by atoms with van der Waals surface area (Å²) in [7, 11) is 0. The molecule has 0 bridgehead atoms. The third-order valence-electron chi connectivity index (χ3n) is 4.09. The van der Waals surface area contributed by atoms with Gasteiger partial charge >= 0.3 is 0 Å². The highest BCUT2D eigenvalue weighted by Gasteiger charge is 2.25. The number of amides is 2. The number of carbonyl (C=O) groups excluding carboxylic acids is 2. The number of ether oxygens (including phenoxy) is 1. The van der Waals surface area contributed by atoms with E-state index in [1.807, 2.05) is 38.1 Å². The van der Waals surface area contributed by atoms with Gasteiger partial charge in [0.2, 0.25) is 5.91 Å². The van der Waals surface area contributed by atoms with E-state index < -0.39 is 5.91 Å². The molecule has 2 aromatic carbocycles. The van der Waals surface area contributed by atoms with Crippen LogP contribution >= 0.6 is 0 Å². The number of carbonyl (C=O) groups is 2. The lowest BCUT2D eigenvalue weighted by molar-refractivity contribution is -0.123. The topological polar surface area (TPSA) is 72.6 Å². The minimum atomic E-state index is -0.459. The normalized spacial score (nSPS) is 14.5. The second-order valence-corrected chi connectivity index (χ2v) is 6.14. The lowest BCUT2D eigenvalue weighted by atomic mass is 9.99. The summed E-state index contributed by atoms with van der Waals surface area (Å²) in [5.74, 6) is -0.509. The first-order valence-electron chi connectivity index (χ1n) is 7.90. The molecule has 1 aliphatic heterocycles. The van der Waals surface area contributed by atoms with Crippen LogP contribution in [0.1, 0.15) is 29.8 Å². The molecule has 5 nitrogen and oxygen atoms in total. The fraction of sp³-hybridized carbons (Fsp3) is 0.263. The molecule has 0 radical (unpaired) electrons. The van der Waals surface area contributed by atoms with Crippen molar-refractivity contribution in [2.45, 2.75) is 26.5 Å². The highest BCUT2D eigenvalue weighted by molar-refractivity contribution is 5.97. The Kier molecular flexibility index (Phi) is 4.36. The Morgan fingerprint density at radius 2 is 1.88 bits per heavy atom. The number of primary amides is 1. The van der Waals surface area contributed by atoms with Crippen molar-refractivity contribution in [3.63, 3.8) is 0 Å². The van der Waals surface area contributed by atoms with Crippen LogP contribution in [-0.2, 0) is 16.1 Å². The molecule has 5 heteroatoms. The van der Waals surface area contributed by atoms with Gasteiger partial charge in [-0.2, -0.15) is 0 Å². The van der Waals surface area contributed by atoms with Crippen LogP contribution in [0.25, 0.3) is 11.1 Å². The number of rotatable bonds is 3. The van der Waals surface area contributed by atoms with Gasteiger partial charge in [-0.25, -0.2) is 0 Å². The third-order valence-corrected chi connectivity index (χ3v) is 4.09. The predicted molar refractivity (Wildman–Crippen MR) is 92.7 cm³/mol. The molecule has 0 saturated carbocycles. The number of nitrogens with two attached hydrogens (primary N) is 1. The summed E-state index contributed by atoms with van der Waals surface area (Å²) in [4.78, 5) is 25.5. The van der Waals surface area contributed by atoms with Crippen molar-refractivity contribution in [3.8, 4) is 11.1 Å². The van der Waals surface area contributed by atoms with Gasteiger partial charge in [0.25, 0.3) is 5.91 Å². The molecule has 24 heavy (non-hydrogen) atoms. The fourth-order valence-corrected chi connectivity index (χ4v) is 2.96. The number of benzene rings is 2. The fourth-order valence-electron chi connectivity index (χ4n) is 2.96. The number of nitrogens with zero attached hydrogens (tertiary/aromatic N) is 1. The maximum absolute atomic E-state index is 12.3. The molecular weight excluding hydrogens is 304 g/mol. The molecule has 0 saturated heterocycles. The number of hydrogen-bond donors (Lipinski definition) is 1. The standard InChI is InChI=1S/C19H20N2O3/c1-12(2)21-17-9-14(6-7-16(17)10-24-11-18(21)22)13-4-3-5-15(8-13)19(20)23/h3-9,12H,10-11H2,1-2H3,(H2,20,23). The van der Waals surface area contributed by atoms with Crippen molar-refractivity contribution in [1.29, 1.82) is 0 Å². The van der Waals surface area contributed by atoms with E-state index in [1.165, 1.54) is 0 Å². The van der Waals surface area contributed by atoms with Crippen LogP contribution in [0.4, 0.5) is 5.69 Å². The quantitative estimate of drug-likeness (QED) is 0.943. The monoisotopic (exact) mass is 324 g/mol. The third kappa shape index (κ3) is 3.03. The maximum Gasteiger partial charge on any atom is 0.253 e. The molecule has 0 aromatic heterocycles. The van der Waals surface area contributed by atoms with Crippen LogP contribution < -0.4 is 10.6 Å². The van der Waals surface area contributed by atoms with E-state index in [-0.39, 0.29) is 18.6 Å². The summed E-state index contributed by atoms with van der Waals surface area (Å²) in [6.45, 7) is 4.45. The van der Waals surface area contributed by atoms with Crippen LogP contribution in [0.15, 0.2) is 42.5 Å². The van der Waals surface area contributed by atoms with Gasteiger partial charge in [-0.1, -0.05) is 24.3 Å². The average molecular weight is 324 g/mol. The van der Waals surface area contributed by atoms with E-state index in [2.05, 4.69) is 0 Å². The second-order valence-electron chi connectivity index (χ2n) is 6.14. The summed E-state index contributed by atoms with van der Waals surface area (Å²) in [6.07, 6.45) is 0. The molecule has 3 rings (SSSR count). The van der Waals surface area contributed by atoms with Crippen molar-refractivity contribution >= 4 is 17.5 Å². The Bertz CT molecular complexity index is 799. The van der Waals surface area contributed by atoms with E-state index in [1.54, 1.807) is 23.1 Å². The zero-order valence-electron chi connectivity index (χ0n) is 13.8. The van der Waals surface area contributed by atoms with Crippen molar-refractivity contribution < 1.29 is 14.3 Å². The molecule has 1 aliphatic rings. The predicted octanol–water partition coefficient (Wildman–Crippen LogP) is 2.72. The minimum absolute atomic E-state index is 0.0325. The Labute approximate surface area is 141 Å². The molecule has 2 N–H and O–H groups in total. The molecule has 0 atom stereocenters. The molecule has 1 heterocycles. The van der Waals surface area contributed by atoms with Crippen molar-refractivity contribution in [2.75, 3.05) is 11.5 Å². The van der Waals surface area contributed by atoms with E-state index in [4.69, 9.17) is 10.5 Å². The van der Waals surface area contributed by atoms with Gasteiger partial charge in [0.15, 0.2) is 0 Å². The van der Waals surface area contributed by atoms with E-state index in [0.717, 1.165) is 22.4 Å². The average Bonchev–Trinajstić information content (AvgIpc) is 2.72. The lowest BCUT2D eigenvalue weighted by Gasteiger charge is -2.27. The molecule has 2 amide bonds. The van der Waals surface area contributed by atoms with Gasteiger partial charge in [0.05, 0.1) is 12.3 Å². The summed E-state index contributed by atoms with van der Waals surface area (Å²) in [6, 6.07) is 13.1. The number of anilines is 1. The first-order chi connectivity index (χ1) is 11.5. The second kappa shape index (κ2) is 6.45. The smallest absolute Gasteiger partial charge is 0.253 e. The van der Waals surface area contributed by atoms with Gasteiger partial charge in [-0.05, 0) is 43.2 Å². The number of fused-ring (bicyclic) bond motifs is 1. The Morgan fingerprint density at radius 1 is 1.12 bits per heavy atom. The SMILES string of the molecule is CC(C)N1C(=O)COCc2ccc(-c3cccc(C(N)=O)c3)cc21. The molecular formula is C19H20N2O3. The summed E-state index contributed by atoms with van der Waals surface area (Å²) in [5.41, 5.74) is 9.47. The van der Waals surface area contributed by atoms with Gasteiger partial charge in [-0.3, -0.25) is 9.59 Å². The van der Waals surface area contributed by atoms with Crippen LogP contribution in [0.2, 0.25) is 0 Å². The highest BCUT2D eigenvalue weighted by Crippen LogP contribution is 2.32. The highest BCUT2D eigenvalue weighted by atomic mass is 16.5. The molecule has 124 valence electrons. The lowest BCUT2D eigenvalue weighted by Crippen LogP contribution is -2.38. The van der Waals surface area contributed by atoms with Gasteiger partial charge in [0.1, 0.15) is 6.61 Å². The molecule has 2 aromatic rings. The number of hydrogen-bond acceptors (Lipinski definition) is 3. The van der Waals surface area contributed by atoms with E-state index >= 15 is 0 Å². The molecule has 0 spiro atoms. The molecule has 0 fully saturated rings. The minimum Gasteiger partial charge on any atom is -0.367 e. The van der Waals surface area contributed by atoms with Crippen LogP contribution in [0, 0.1) is 0 Å². The van der Waals surface area contributed by atoms with E-state index in [0.29, 0.717) is 12.2 Å². The Hall–Kier alpha value is -2.66. The largest absolute Gasteiger partial charge is 0.367 e. The summed E-state index contributed by atoms with van der Waals surface area (Å²) >= 11 is 0. The molecule has 0 unspecified atom stereocenters. The van der Waals surface area contributed by atoms with Gasteiger partial charge in [0, 0.05) is 17.2 Å². The first-order valence-corrected chi connectivity index (χ1v) is 7.90. The van der Waals surface area contributed by atoms with E-state index in [9.17, 15) is 9.59 Å². The van der Waals surface area contributed by atoms with Gasteiger partial charge < -0.3 is 15.4 Å². The van der Waals surface area contributed by atoms with Crippen LogP contribution in [0.5, 0.6) is 0 Å². The summed E-state index contributed by atoms with van der Waals surface area (Å²) < 4.78 is 5.46. The van der Waals surface area contributed by atoms with Crippen molar-refractivity contribution in [2.24, 2.45) is 5.73 Å². The first kappa shape index (κ1) is 16.2. The van der Waals surface area contributed by atoms with Crippen molar-refractivity contribution in [1.82, 2.24) is 0 Å². The maximum atomic E-state index is 12.3. The Morgan fingerprint density at radius 3 is 2.58 bits per heavy atom. The summed E-state index contributed by atoms with van der Waals surface area (Å²) in [5, 5.41) is 0. The zero-order valence-corrected chi connectivity index (χ0v) is 13.8. The zero-order chi connectivity index (χ0) is 17.3.